The number of nitrogens with zero attached hydrogens (tertiary/aromatic N) is 10. The Morgan fingerprint density at radius 3 is 1.20 bits per heavy atom. The van der Waals surface area contributed by atoms with E-state index in [2.05, 4.69) is 76.0 Å². The molecule has 0 spiro atoms. The number of benzene rings is 6. The summed E-state index contributed by atoms with van der Waals surface area (Å²) >= 11 is 2.80. The zero-order valence-electron chi connectivity index (χ0n) is 55.6. The molecule has 0 saturated carbocycles. The lowest BCUT2D eigenvalue weighted by Gasteiger charge is -2.32. The number of fused-ring (bicyclic) bond motifs is 6. The highest BCUT2D eigenvalue weighted by molar-refractivity contribution is 7.99. The molecule has 4 N–H and O–H groups in total. The number of carbonyl (C=O) groups excluding carboxylic acids is 6. The van der Waals surface area contributed by atoms with E-state index in [1.165, 1.54) is 37.4 Å². The number of alkyl carbamates (subject to hydrolysis) is 2. The minimum atomic E-state index is -1.23. The van der Waals surface area contributed by atoms with E-state index in [9.17, 15) is 28.8 Å². The van der Waals surface area contributed by atoms with Gasteiger partial charge in [0.25, 0.3) is 0 Å². The van der Waals surface area contributed by atoms with Gasteiger partial charge >= 0.3 is 12.2 Å². The van der Waals surface area contributed by atoms with Crippen molar-refractivity contribution in [1.82, 2.24) is 71.5 Å². The quantitative estimate of drug-likeness (QED) is 0.0371. The van der Waals surface area contributed by atoms with Crippen LogP contribution >= 0.6 is 23.5 Å². The lowest BCUT2D eigenvalue weighted by molar-refractivity contribution is -0.142. The largest absolute Gasteiger partial charge is 0.449 e. The summed E-state index contributed by atoms with van der Waals surface area (Å²) in [5, 5.41) is 37.0. The molecule has 2 fully saturated rings. The number of tetrazole rings is 2. The topological polar surface area (TPSA) is 281 Å². The summed E-state index contributed by atoms with van der Waals surface area (Å²) in [6.45, 7) is 7.39. The van der Waals surface area contributed by atoms with Gasteiger partial charge in [0.1, 0.15) is 50.6 Å². The van der Waals surface area contributed by atoms with Crippen LogP contribution < -0.4 is 21.3 Å². The van der Waals surface area contributed by atoms with Crippen LogP contribution in [0.2, 0.25) is 0 Å². The number of likely N-dealkylation sites (tertiary alicyclic amines) is 2. The van der Waals surface area contributed by atoms with E-state index in [-0.39, 0.29) is 50.3 Å². The first-order chi connectivity index (χ1) is 48.8. The van der Waals surface area contributed by atoms with Gasteiger partial charge in [0.05, 0.1) is 37.4 Å². The molecule has 2 aliphatic heterocycles. The van der Waals surface area contributed by atoms with Crippen LogP contribution in [0.25, 0.3) is 22.3 Å². The van der Waals surface area contributed by atoms with Gasteiger partial charge in [-0.1, -0.05) is 145 Å². The normalized spacial score (nSPS) is 16.9. The summed E-state index contributed by atoms with van der Waals surface area (Å²) in [7, 11) is 0. The van der Waals surface area contributed by atoms with Crippen LogP contribution in [0.3, 0.4) is 0 Å². The number of aromatic nitrogens is 8. The molecule has 6 amide bonds. The Kier molecular flexibility index (Phi) is 22.9. The van der Waals surface area contributed by atoms with Gasteiger partial charge in [-0.2, -0.15) is 0 Å². The summed E-state index contributed by atoms with van der Waals surface area (Å²) in [4.78, 5) is 90.2. The molecule has 0 radical (unpaired) electrons. The molecule has 4 heterocycles. The molecule has 4 aliphatic rings. The maximum atomic E-state index is 14.9. The maximum Gasteiger partial charge on any atom is 0.407 e. The predicted molar refractivity (Wildman–Crippen MR) is 372 cm³/mol. The first-order valence-electron chi connectivity index (χ1n) is 33.4. The average Bonchev–Trinajstić information content (AvgIpc) is 1.62. The van der Waals surface area contributed by atoms with Crippen LogP contribution in [-0.4, -0.2) is 174 Å². The molecule has 514 valence electrons. The molecule has 0 unspecified atom stereocenters. The third-order valence-corrected chi connectivity index (χ3v) is 20.2. The van der Waals surface area contributed by atoms with E-state index < -0.39 is 72.2 Å². The fourth-order valence-corrected chi connectivity index (χ4v) is 14.7. The first kappa shape index (κ1) is 69.5. The molecule has 12 rings (SSSR count). The lowest BCUT2D eigenvalue weighted by Crippen LogP contribution is -2.58. The molecule has 0 bridgehead atoms. The van der Waals surface area contributed by atoms with Crippen molar-refractivity contribution in [2.24, 2.45) is 0 Å². The van der Waals surface area contributed by atoms with E-state index in [0.29, 0.717) is 62.2 Å². The van der Waals surface area contributed by atoms with Gasteiger partial charge in [0.2, 0.25) is 33.9 Å². The van der Waals surface area contributed by atoms with Crippen molar-refractivity contribution in [1.29, 1.82) is 0 Å². The van der Waals surface area contributed by atoms with Crippen molar-refractivity contribution in [3.05, 3.63) is 180 Å². The Labute approximate surface area is 587 Å². The van der Waals surface area contributed by atoms with E-state index in [1.807, 2.05) is 158 Å². The summed E-state index contributed by atoms with van der Waals surface area (Å²) in [5.41, 5.74) is 8.47. The highest BCUT2D eigenvalue weighted by Crippen LogP contribution is 2.46. The van der Waals surface area contributed by atoms with Crippen molar-refractivity contribution in [3.8, 4) is 45.9 Å². The standard InChI is InChI=1S/C74H76N14O10S2/c1-47(75-73(93)97-45-63-59-35-17-13-31-55(59)56-32-14-18-36-60(56)63)67(89)77-65(69(91)85-39-23-25-51(85)43-87-71(79-81-83-87)99-53-27-9-7-10-28-53)49(3)95-41-21-5-6-22-42-96-50(4)66(70(92)86-40-24-26-52(86)44-88-72(80-82-84-88)100-54-29-11-8-12-30-54)78-68(90)48(2)76-74(94)98-46-64-61-37-19-15-33-57(61)58-34-16-20-38-62(58)64/h7-20,27-38,47-52,63-66H,23-26,39-46H2,1-4H3,(H,75,93)(H,76,94)(H,77,89)(H,78,90)/t47-,48-,49+,50+,51-,52-,65-,66-/m0/s1. The zero-order valence-corrected chi connectivity index (χ0v) is 57.3. The summed E-state index contributed by atoms with van der Waals surface area (Å²) in [6.07, 6.45) is -0.808. The van der Waals surface area contributed by atoms with Gasteiger partial charge in [-0.3, -0.25) is 19.2 Å². The van der Waals surface area contributed by atoms with Gasteiger partial charge in [0.15, 0.2) is 0 Å². The van der Waals surface area contributed by atoms with Crippen LogP contribution in [0.15, 0.2) is 178 Å². The predicted octanol–water partition coefficient (Wildman–Crippen LogP) is 8.29. The fourth-order valence-electron chi connectivity index (χ4n) is 13.1. The Morgan fingerprint density at radius 2 is 0.830 bits per heavy atom. The van der Waals surface area contributed by atoms with Crippen molar-refractivity contribution in [3.63, 3.8) is 0 Å². The third-order valence-electron chi connectivity index (χ3n) is 18.3. The molecule has 26 heteroatoms. The van der Waals surface area contributed by atoms with Gasteiger partial charge in [-0.15, -0.1) is 10.2 Å². The summed E-state index contributed by atoms with van der Waals surface area (Å²) in [6, 6.07) is 46.0. The van der Waals surface area contributed by atoms with Gasteiger partial charge in [-0.05, 0) is 178 Å². The monoisotopic (exact) mass is 1380 g/mol. The Morgan fingerprint density at radius 1 is 0.480 bits per heavy atom. The van der Waals surface area contributed by atoms with Crippen LogP contribution in [0.4, 0.5) is 9.59 Å². The molecular formula is C74H76N14O10S2. The fraction of sp³-hybridized carbons (Fsp3) is 0.351. The number of rotatable bonds is 26. The van der Waals surface area contributed by atoms with E-state index >= 15 is 0 Å². The van der Waals surface area contributed by atoms with E-state index in [4.69, 9.17) is 18.9 Å². The molecule has 6 aromatic carbocycles. The van der Waals surface area contributed by atoms with Crippen LogP contribution in [-0.2, 0) is 51.2 Å². The molecule has 2 saturated heterocycles. The van der Waals surface area contributed by atoms with Crippen LogP contribution in [0, 0.1) is 23.7 Å². The van der Waals surface area contributed by atoms with Crippen molar-refractivity contribution in [2.45, 2.75) is 147 Å². The number of carbonyl (C=O) groups is 6. The Balaban J connectivity index is 0.687. The van der Waals surface area contributed by atoms with Gasteiger partial charge < -0.3 is 50.0 Å². The zero-order chi connectivity index (χ0) is 69.5. The smallest absolute Gasteiger partial charge is 0.407 e. The number of hydrogen-bond donors (Lipinski definition) is 4. The molecular weight excluding hydrogens is 1310 g/mol. The average molecular weight is 1390 g/mol. The molecule has 2 aliphatic carbocycles. The molecule has 8 atom stereocenters. The Hall–Kier alpha value is -10.4. The third kappa shape index (κ3) is 16.7. The minimum Gasteiger partial charge on any atom is -0.449 e. The Bertz CT molecular complexity index is 4000. The number of hydrogen-bond acceptors (Lipinski definition) is 18. The van der Waals surface area contributed by atoms with Gasteiger partial charge in [-0.25, -0.2) is 19.0 Å². The molecule has 8 aromatic rings. The van der Waals surface area contributed by atoms with Crippen molar-refractivity contribution in [2.75, 3.05) is 39.5 Å². The maximum absolute atomic E-state index is 14.9. The second-order valence-corrected chi connectivity index (χ2v) is 26.8. The number of ether oxygens (including phenoxy) is 4. The van der Waals surface area contributed by atoms with E-state index in [0.717, 1.165) is 54.3 Å². The van der Waals surface area contributed by atoms with Crippen LogP contribution in [0.1, 0.15) is 87.5 Å². The minimum absolute atomic E-state index is 0.0392. The highest BCUT2D eigenvalue weighted by Gasteiger charge is 2.41. The molecule has 24 nitrogen and oxygen atoms in total. The second-order valence-electron chi connectivity index (χ2n) is 24.8. The highest BCUT2D eigenvalue weighted by atomic mass is 32.2. The second kappa shape index (κ2) is 33.0. The van der Waals surface area contributed by atoms with E-state index in [1.54, 1.807) is 33.0 Å². The first-order valence-corrected chi connectivity index (χ1v) is 35.0. The molecule has 100 heavy (non-hydrogen) atoms. The summed E-state index contributed by atoms with van der Waals surface area (Å²) in [5.74, 6) is 8.76. The summed E-state index contributed by atoms with van der Waals surface area (Å²) < 4.78 is 27.2. The van der Waals surface area contributed by atoms with Crippen molar-refractivity contribution < 1.29 is 47.7 Å². The number of amides is 6. The number of nitrogens with one attached hydrogen (secondary N) is 4. The van der Waals surface area contributed by atoms with Gasteiger partial charge in [0, 0.05) is 34.7 Å². The SMILES string of the molecule is C[C@H](NC(=O)OCC1c2ccccc2-c2ccccc21)C(=O)N[C@H](C(=O)N1CCC[C@H]1Cn1nnnc1Sc1ccccc1)[C@@H](C)OCC#CC#CCO[C@H](C)[C@H](NC(=O)[C@H](C)NC(=O)OCC1c2ccccc2-c2ccccc21)C(=O)N1CCC[C@H]1Cn1nnnc1Sc1ccccc1. The van der Waals surface area contributed by atoms with Crippen molar-refractivity contribution >= 4 is 59.3 Å². The molecule has 2 aromatic heterocycles. The van der Waals surface area contributed by atoms with Crippen LogP contribution in [0.5, 0.6) is 0 Å². The lowest BCUT2D eigenvalue weighted by atomic mass is 9.98.